The second-order valence-corrected chi connectivity index (χ2v) is 5.56. The lowest BCUT2D eigenvalue weighted by atomic mass is 10.1. The smallest absolute Gasteiger partial charge is 0.243 e. The molecule has 2 amide bonds. The Labute approximate surface area is 131 Å². The summed E-state index contributed by atoms with van der Waals surface area (Å²) in [4.78, 5) is 26.1. The van der Waals surface area contributed by atoms with Crippen LogP contribution >= 0.6 is 0 Å². The molecule has 1 saturated heterocycles. The monoisotopic (exact) mass is 304 g/mol. The number of carbonyl (C=O) groups is 2. The molecule has 0 saturated carbocycles. The van der Waals surface area contributed by atoms with Gasteiger partial charge < -0.3 is 15.0 Å². The van der Waals surface area contributed by atoms with Gasteiger partial charge >= 0.3 is 0 Å². The Kier molecular flexibility index (Phi) is 5.81. The molecular weight excluding hydrogens is 280 g/mol. The molecule has 0 aromatic heterocycles. The Balaban J connectivity index is 1.92. The molecule has 2 rings (SSSR count). The first-order valence-corrected chi connectivity index (χ1v) is 7.85. The van der Waals surface area contributed by atoms with Crippen molar-refractivity contribution in [1.82, 2.24) is 10.2 Å². The molecule has 5 nitrogen and oxygen atoms in total. The molecule has 1 unspecified atom stereocenters. The number of rotatable bonds is 6. The molecule has 1 atom stereocenters. The minimum atomic E-state index is -0.315. The average molecular weight is 304 g/mol. The van der Waals surface area contributed by atoms with Gasteiger partial charge in [0.25, 0.3) is 0 Å². The molecule has 1 aromatic rings. The Morgan fingerprint density at radius 3 is 2.95 bits per heavy atom. The summed E-state index contributed by atoms with van der Waals surface area (Å²) in [5.41, 5.74) is 0.983. The number of hydrogen-bond donors (Lipinski definition) is 1. The zero-order valence-corrected chi connectivity index (χ0v) is 13.3. The zero-order chi connectivity index (χ0) is 15.9. The quantitative estimate of drug-likeness (QED) is 0.875. The number of nitrogens with one attached hydrogen (secondary N) is 1. The number of likely N-dealkylation sites (tertiary alicyclic amines) is 1. The van der Waals surface area contributed by atoms with Gasteiger partial charge in [-0.3, -0.25) is 9.59 Å². The molecule has 0 radical (unpaired) electrons. The van der Waals surface area contributed by atoms with Gasteiger partial charge in [-0.2, -0.15) is 0 Å². The van der Waals surface area contributed by atoms with Gasteiger partial charge in [0.15, 0.2) is 0 Å². The van der Waals surface area contributed by atoms with Crippen molar-refractivity contribution in [2.24, 2.45) is 0 Å². The fourth-order valence-electron chi connectivity index (χ4n) is 2.78. The molecule has 5 heteroatoms. The molecule has 1 heterocycles. The van der Waals surface area contributed by atoms with Gasteiger partial charge in [0.1, 0.15) is 11.8 Å². The largest absolute Gasteiger partial charge is 0.497 e. The van der Waals surface area contributed by atoms with Crippen LogP contribution in [0.5, 0.6) is 5.75 Å². The normalized spacial score (nSPS) is 17.4. The molecule has 1 aliphatic rings. The topological polar surface area (TPSA) is 58.6 Å². The number of amides is 2. The van der Waals surface area contributed by atoms with Gasteiger partial charge in [-0.1, -0.05) is 19.1 Å². The number of carbonyl (C=O) groups excluding carboxylic acids is 2. The summed E-state index contributed by atoms with van der Waals surface area (Å²) in [6.45, 7) is 3.12. The molecule has 1 aromatic carbocycles. The highest BCUT2D eigenvalue weighted by atomic mass is 16.5. The van der Waals surface area contributed by atoms with Gasteiger partial charge in [0.2, 0.25) is 11.8 Å². The number of benzene rings is 1. The van der Waals surface area contributed by atoms with Crippen LogP contribution in [0.2, 0.25) is 0 Å². The maximum atomic E-state index is 12.4. The molecule has 0 aliphatic carbocycles. The Bertz CT molecular complexity index is 530. The number of hydrogen-bond acceptors (Lipinski definition) is 3. The third-order valence-electron chi connectivity index (χ3n) is 3.94. The lowest BCUT2D eigenvalue weighted by molar-refractivity contribution is -0.138. The van der Waals surface area contributed by atoms with Gasteiger partial charge in [-0.15, -0.1) is 0 Å². The standard InChI is InChI=1S/C17H24N2O3/c1-3-6-16(20)19-10-5-9-15(19)17(21)18-12-13-7-4-8-14(11-13)22-2/h4,7-8,11,15H,3,5-6,9-10,12H2,1-2H3,(H,18,21). The molecule has 1 aliphatic heterocycles. The van der Waals surface area contributed by atoms with E-state index in [1.807, 2.05) is 31.2 Å². The van der Waals surface area contributed by atoms with Gasteiger partial charge in [-0.05, 0) is 37.0 Å². The molecule has 0 spiro atoms. The summed E-state index contributed by atoms with van der Waals surface area (Å²) < 4.78 is 5.17. The van der Waals surface area contributed by atoms with E-state index in [0.29, 0.717) is 19.5 Å². The SMILES string of the molecule is CCCC(=O)N1CCCC1C(=O)NCc1cccc(OC)c1. The van der Waals surface area contributed by atoms with Crippen LogP contribution in [-0.4, -0.2) is 36.4 Å². The van der Waals surface area contributed by atoms with E-state index in [1.165, 1.54) is 0 Å². The van der Waals surface area contributed by atoms with Crippen molar-refractivity contribution < 1.29 is 14.3 Å². The molecule has 22 heavy (non-hydrogen) atoms. The van der Waals surface area contributed by atoms with Crippen LogP contribution in [0.25, 0.3) is 0 Å². The fraction of sp³-hybridized carbons (Fsp3) is 0.529. The van der Waals surface area contributed by atoms with E-state index in [1.54, 1.807) is 12.0 Å². The van der Waals surface area contributed by atoms with Crippen molar-refractivity contribution in [2.45, 2.75) is 45.2 Å². The van der Waals surface area contributed by atoms with Crippen molar-refractivity contribution in [3.8, 4) is 5.75 Å². The maximum Gasteiger partial charge on any atom is 0.243 e. The fourth-order valence-corrected chi connectivity index (χ4v) is 2.78. The lowest BCUT2D eigenvalue weighted by Crippen LogP contribution is -2.45. The van der Waals surface area contributed by atoms with Crippen molar-refractivity contribution in [3.05, 3.63) is 29.8 Å². The van der Waals surface area contributed by atoms with E-state index in [2.05, 4.69) is 5.32 Å². The van der Waals surface area contributed by atoms with E-state index in [0.717, 1.165) is 30.6 Å². The minimum absolute atomic E-state index is 0.0650. The summed E-state index contributed by atoms with van der Waals surface area (Å²) in [5.74, 6) is 0.790. The summed E-state index contributed by atoms with van der Waals surface area (Å²) in [6.07, 6.45) is 2.97. The second-order valence-electron chi connectivity index (χ2n) is 5.56. The summed E-state index contributed by atoms with van der Waals surface area (Å²) >= 11 is 0. The molecule has 0 bridgehead atoms. The predicted octanol–water partition coefficient (Wildman–Crippen LogP) is 2.10. The first-order chi connectivity index (χ1) is 10.7. The zero-order valence-electron chi connectivity index (χ0n) is 13.3. The van der Waals surface area contributed by atoms with Gasteiger partial charge in [-0.25, -0.2) is 0 Å². The van der Waals surface area contributed by atoms with Gasteiger partial charge in [0, 0.05) is 19.5 Å². The van der Waals surface area contributed by atoms with Crippen LogP contribution in [0, 0.1) is 0 Å². The van der Waals surface area contributed by atoms with Crippen molar-refractivity contribution >= 4 is 11.8 Å². The highest BCUT2D eigenvalue weighted by Crippen LogP contribution is 2.19. The molecule has 120 valence electrons. The number of methoxy groups -OCH3 is 1. The molecule has 1 fully saturated rings. The highest BCUT2D eigenvalue weighted by Gasteiger charge is 2.33. The predicted molar refractivity (Wildman–Crippen MR) is 84.5 cm³/mol. The van der Waals surface area contributed by atoms with Crippen molar-refractivity contribution in [2.75, 3.05) is 13.7 Å². The van der Waals surface area contributed by atoms with Crippen LogP contribution in [0.3, 0.4) is 0 Å². The third-order valence-corrected chi connectivity index (χ3v) is 3.94. The van der Waals surface area contributed by atoms with Crippen molar-refractivity contribution in [3.63, 3.8) is 0 Å². The van der Waals surface area contributed by atoms with E-state index >= 15 is 0 Å². The van der Waals surface area contributed by atoms with E-state index in [4.69, 9.17) is 4.74 Å². The Hall–Kier alpha value is -2.04. The van der Waals surface area contributed by atoms with Crippen LogP contribution in [0.15, 0.2) is 24.3 Å². The first kappa shape index (κ1) is 16.3. The van der Waals surface area contributed by atoms with Crippen molar-refractivity contribution in [1.29, 1.82) is 0 Å². The highest BCUT2D eigenvalue weighted by molar-refractivity contribution is 5.88. The van der Waals surface area contributed by atoms with Gasteiger partial charge in [0.05, 0.1) is 7.11 Å². The molecule has 1 N–H and O–H groups in total. The lowest BCUT2D eigenvalue weighted by Gasteiger charge is -2.24. The number of ether oxygens (including phenoxy) is 1. The average Bonchev–Trinajstić information content (AvgIpc) is 3.03. The summed E-state index contributed by atoms with van der Waals surface area (Å²) in [6, 6.07) is 7.29. The summed E-state index contributed by atoms with van der Waals surface area (Å²) in [7, 11) is 1.62. The number of nitrogens with zero attached hydrogens (tertiary/aromatic N) is 1. The van der Waals surface area contributed by atoms with Crippen LogP contribution in [0.4, 0.5) is 0 Å². The maximum absolute atomic E-state index is 12.4. The minimum Gasteiger partial charge on any atom is -0.497 e. The van der Waals surface area contributed by atoms with Crippen LogP contribution in [0.1, 0.15) is 38.2 Å². The van der Waals surface area contributed by atoms with Crippen LogP contribution in [-0.2, 0) is 16.1 Å². The molecular formula is C17H24N2O3. The second kappa shape index (κ2) is 7.82. The summed E-state index contributed by atoms with van der Waals surface area (Å²) in [5, 5.41) is 2.93. The Morgan fingerprint density at radius 2 is 2.23 bits per heavy atom. The first-order valence-electron chi connectivity index (χ1n) is 7.85. The van der Waals surface area contributed by atoms with E-state index in [9.17, 15) is 9.59 Å². The Morgan fingerprint density at radius 1 is 1.41 bits per heavy atom. The third kappa shape index (κ3) is 4.00. The van der Waals surface area contributed by atoms with Crippen LogP contribution < -0.4 is 10.1 Å². The van der Waals surface area contributed by atoms with E-state index < -0.39 is 0 Å². The van der Waals surface area contributed by atoms with E-state index in [-0.39, 0.29) is 17.9 Å².